The highest BCUT2D eigenvalue weighted by molar-refractivity contribution is 5.81. The predicted octanol–water partition coefficient (Wildman–Crippen LogP) is 8.48. The second-order valence-corrected chi connectivity index (χ2v) is 12.1. The van der Waals surface area contributed by atoms with Crippen LogP contribution in [0.4, 0.5) is 0 Å². The Morgan fingerprint density at radius 3 is 2.33 bits per heavy atom. The Balaban J connectivity index is 1.79. The highest BCUT2D eigenvalue weighted by atomic mass is 16.1. The molecular weight excluding hydrogens is 364 g/mol. The summed E-state index contributed by atoms with van der Waals surface area (Å²) < 4.78 is 0. The largest absolute Gasteiger partial charge is 0.299 e. The van der Waals surface area contributed by atoms with E-state index in [4.69, 9.17) is 0 Å². The van der Waals surface area contributed by atoms with Crippen LogP contribution in [0.1, 0.15) is 113 Å². The van der Waals surface area contributed by atoms with Crippen LogP contribution in [0.2, 0.25) is 0 Å². The lowest BCUT2D eigenvalue weighted by Gasteiger charge is -2.57. The third kappa shape index (κ3) is 3.86. The molecule has 1 nitrogen and oxygen atoms in total. The molecule has 0 amide bonds. The van der Waals surface area contributed by atoms with Crippen LogP contribution >= 0.6 is 0 Å². The summed E-state index contributed by atoms with van der Waals surface area (Å²) in [7, 11) is 0. The first-order valence-corrected chi connectivity index (χ1v) is 13.4. The zero-order chi connectivity index (χ0) is 22.3. The van der Waals surface area contributed by atoms with Gasteiger partial charge in [-0.3, -0.25) is 4.79 Å². The number of hydrogen-bond donors (Lipinski definition) is 0. The Bertz CT molecular complexity index is 645. The molecule has 0 radical (unpaired) electrons. The lowest BCUT2D eigenvalue weighted by molar-refractivity contribution is -0.128. The van der Waals surface area contributed by atoms with Crippen molar-refractivity contribution in [3.05, 3.63) is 11.6 Å². The highest BCUT2D eigenvalue weighted by Gasteiger charge is 2.58. The minimum atomic E-state index is 0.243. The van der Waals surface area contributed by atoms with Gasteiger partial charge in [0.25, 0.3) is 0 Å². The third-order valence-corrected chi connectivity index (χ3v) is 10.9. The molecule has 0 aromatic heterocycles. The van der Waals surface area contributed by atoms with E-state index in [1.807, 2.05) is 0 Å². The van der Waals surface area contributed by atoms with Crippen molar-refractivity contribution in [3.8, 4) is 0 Å². The Kier molecular flexibility index (Phi) is 7.30. The summed E-state index contributed by atoms with van der Waals surface area (Å²) in [5.41, 5.74) is 2.51. The van der Waals surface area contributed by atoms with Gasteiger partial charge in [-0.2, -0.15) is 0 Å². The molecule has 3 aliphatic carbocycles. The zero-order valence-electron chi connectivity index (χ0n) is 21.4. The lowest BCUT2D eigenvalue weighted by Crippen LogP contribution is -2.49. The van der Waals surface area contributed by atoms with Gasteiger partial charge in [0.1, 0.15) is 5.78 Å². The number of Topliss-reactive ketones (excluding diaryl/α,β-unsaturated/α-hetero) is 1. The van der Waals surface area contributed by atoms with E-state index in [1.54, 1.807) is 5.57 Å². The van der Waals surface area contributed by atoms with Crippen LogP contribution in [0.5, 0.6) is 0 Å². The van der Waals surface area contributed by atoms with Crippen molar-refractivity contribution in [2.45, 2.75) is 113 Å². The lowest BCUT2D eigenvalue weighted by atomic mass is 9.48. The molecule has 0 aliphatic heterocycles. The van der Waals surface area contributed by atoms with Crippen molar-refractivity contribution >= 4 is 5.78 Å². The van der Waals surface area contributed by atoms with Crippen molar-refractivity contribution in [3.63, 3.8) is 0 Å². The second kappa shape index (κ2) is 9.11. The van der Waals surface area contributed by atoms with Crippen LogP contribution in [0.25, 0.3) is 0 Å². The monoisotopic (exact) mass is 414 g/mol. The van der Waals surface area contributed by atoms with Crippen molar-refractivity contribution in [1.82, 2.24) is 0 Å². The van der Waals surface area contributed by atoms with Crippen LogP contribution in [0.3, 0.4) is 0 Å². The Hall–Kier alpha value is -0.590. The van der Waals surface area contributed by atoms with Crippen molar-refractivity contribution in [2.75, 3.05) is 0 Å². The van der Waals surface area contributed by atoms with E-state index < -0.39 is 0 Å². The van der Waals surface area contributed by atoms with E-state index in [0.29, 0.717) is 34.4 Å². The van der Waals surface area contributed by atoms with E-state index in [2.05, 4.69) is 61.5 Å². The average molecular weight is 415 g/mol. The van der Waals surface area contributed by atoms with Crippen LogP contribution in [-0.4, -0.2) is 5.78 Å². The molecule has 0 heterocycles. The number of hydrogen-bond acceptors (Lipinski definition) is 1. The molecule has 0 bridgehead atoms. The van der Waals surface area contributed by atoms with Crippen molar-refractivity contribution < 1.29 is 4.79 Å². The smallest absolute Gasteiger partial charge is 0.136 e. The molecule has 30 heavy (non-hydrogen) atoms. The quantitative estimate of drug-likeness (QED) is 0.364. The highest BCUT2D eigenvalue weighted by Crippen LogP contribution is 2.66. The first-order chi connectivity index (χ1) is 14.1. The standard InChI is InChI=1S/C29H50O/c1-9-21(19(4)5)18-27(30)20(6)24-14-15-25-23-13-12-22(10-2)28(7,11-3)26(23)16-17-29(24,25)8/h12,19-21,23-26H,9-11,13-18H2,1-8H3/t20-,21+,23?,24?,25?,26?,28-,29+/m0/s1. The van der Waals surface area contributed by atoms with E-state index in [-0.39, 0.29) is 5.92 Å². The van der Waals surface area contributed by atoms with E-state index in [1.165, 1.54) is 44.9 Å². The fourth-order valence-electron chi connectivity index (χ4n) is 8.58. The zero-order valence-corrected chi connectivity index (χ0v) is 21.4. The summed E-state index contributed by atoms with van der Waals surface area (Å²) in [5, 5.41) is 0. The fraction of sp³-hybridized carbons (Fsp3) is 0.897. The van der Waals surface area contributed by atoms with Gasteiger partial charge < -0.3 is 0 Å². The normalized spacial score (nSPS) is 40.5. The van der Waals surface area contributed by atoms with Gasteiger partial charge in [-0.05, 0) is 91.3 Å². The maximum atomic E-state index is 13.3. The molecule has 0 aromatic rings. The number of allylic oxidation sites excluding steroid dienone is 2. The molecule has 8 atom stereocenters. The molecule has 4 unspecified atom stereocenters. The van der Waals surface area contributed by atoms with Gasteiger partial charge in [0, 0.05) is 12.3 Å². The van der Waals surface area contributed by atoms with E-state index in [0.717, 1.165) is 30.6 Å². The first-order valence-electron chi connectivity index (χ1n) is 13.4. The van der Waals surface area contributed by atoms with Crippen LogP contribution in [0.15, 0.2) is 11.6 Å². The maximum absolute atomic E-state index is 13.3. The molecule has 0 N–H and O–H groups in total. The van der Waals surface area contributed by atoms with Gasteiger partial charge in [0.15, 0.2) is 0 Å². The summed E-state index contributed by atoms with van der Waals surface area (Å²) in [6, 6.07) is 0. The molecule has 3 aliphatic rings. The second-order valence-electron chi connectivity index (χ2n) is 12.1. The van der Waals surface area contributed by atoms with Crippen LogP contribution < -0.4 is 0 Å². The third-order valence-electron chi connectivity index (χ3n) is 10.9. The molecule has 172 valence electrons. The van der Waals surface area contributed by atoms with Gasteiger partial charge in [-0.15, -0.1) is 0 Å². The minimum Gasteiger partial charge on any atom is -0.299 e. The van der Waals surface area contributed by atoms with Crippen molar-refractivity contribution in [1.29, 1.82) is 0 Å². The Morgan fingerprint density at radius 2 is 1.77 bits per heavy atom. The molecule has 1 heteroatoms. The van der Waals surface area contributed by atoms with Crippen molar-refractivity contribution in [2.24, 2.45) is 52.3 Å². The Labute approximate surface area is 187 Å². The molecule has 2 saturated carbocycles. The summed E-state index contributed by atoms with van der Waals surface area (Å²) in [6.07, 6.45) is 13.7. The summed E-state index contributed by atoms with van der Waals surface area (Å²) in [6.45, 7) is 19.0. The average Bonchev–Trinajstić information content (AvgIpc) is 3.08. The van der Waals surface area contributed by atoms with Gasteiger partial charge in [-0.1, -0.05) is 73.5 Å². The fourth-order valence-corrected chi connectivity index (χ4v) is 8.58. The molecule has 3 rings (SSSR count). The van der Waals surface area contributed by atoms with Crippen LogP contribution in [0, 0.1) is 52.3 Å². The SMILES string of the molecule is CCC1=CCC2C3CCC([C@H](C)C(=O)C[C@@H](CC)C(C)C)[C@@]3(C)CCC2[C@@]1(C)CC. The molecular formula is C29H50O. The molecule has 0 spiro atoms. The van der Waals surface area contributed by atoms with Crippen LogP contribution in [-0.2, 0) is 4.79 Å². The number of carbonyl (C=O) groups is 1. The maximum Gasteiger partial charge on any atom is 0.136 e. The minimum absolute atomic E-state index is 0.243. The summed E-state index contributed by atoms with van der Waals surface area (Å²) in [5.74, 6) is 5.09. The number of carbonyl (C=O) groups excluding carboxylic acids is 1. The molecule has 2 fully saturated rings. The first kappa shape index (κ1) is 24.1. The number of rotatable bonds is 8. The molecule has 0 aromatic carbocycles. The topological polar surface area (TPSA) is 17.1 Å². The summed E-state index contributed by atoms with van der Waals surface area (Å²) >= 11 is 0. The van der Waals surface area contributed by atoms with Gasteiger partial charge in [0.2, 0.25) is 0 Å². The van der Waals surface area contributed by atoms with Gasteiger partial charge in [-0.25, -0.2) is 0 Å². The number of ketones is 1. The number of fused-ring (bicyclic) bond motifs is 3. The predicted molar refractivity (Wildman–Crippen MR) is 129 cm³/mol. The summed E-state index contributed by atoms with van der Waals surface area (Å²) in [4.78, 5) is 13.3. The molecule has 0 saturated heterocycles. The Morgan fingerprint density at radius 1 is 1.07 bits per heavy atom. The van der Waals surface area contributed by atoms with Gasteiger partial charge in [0.05, 0.1) is 0 Å². The van der Waals surface area contributed by atoms with E-state index in [9.17, 15) is 4.79 Å². The van der Waals surface area contributed by atoms with E-state index >= 15 is 0 Å². The van der Waals surface area contributed by atoms with Gasteiger partial charge >= 0.3 is 0 Å².